The maximum Gasteiger partial charge on any atom is 0.253 e. The van der Waals surface area contributed by atoms with Crippen LogP contribution >= 0.6 is 0 Å². The fraction of sp³-hybridized carbons (Fsp3) is 0.531. The second-order valence-corrected chi connectivity index (χ2v) is 11.8. The highest BCUT2D eigenvalue weighted by Gasteiger charge is 2.51. The Morgan fingerprint density at radius 2 is 1.73 bits per heavy atom. The third-order valence-electron chi connectivity index (χ3n) is 9.25. The highest BCUT2D eigenvalue weighted by atomic mass is 19.1. The monoisotopic (exact) mass is 503 g/mol. The van der Waals surface area contributed by atoms with Crippen LogP contribution in [0.5, 0.6) is 0 Å². The number of allylic oxidation sites excluding steroid dienone is 1. The van der Waals surface area contributed by atoms with E-state index in [9.17, 15) is 9.18 Å². The Kier molecular flexibility index (Phi) is 8.11. The molecule has 5 heteroatoms. The molecular formula is C32H42FN3O. The van der Waals surface area contributed by atoms with Crippen LogP contribution in [0.15, 0.2) is 66.2 Å². The molecule has 2 aromatic carbocycles. The molecule has 0 aromatic heterocycles. The van der Waals surface area contributed by atoms with E-state index in [1.807, 2.05) is 4.90 Å². The lowest BCUT2D eigenvalue weighted by atomic mass is 9.49. The number of fused-ring (bicyclic) bond motifs is 1. The number of hydrogen-bond donors (Lipinski definition) is 0. The Morgan fingerprint density at radius 3 is 2.41 bits per heavy atom. The molecule has 1 heterocycles. The van der Waals surface area contributed by atoms with Crippen LogP contribution in [0.2, 0.25) is 0 Å². The van der Waals surface area contributed by atoms with E-state index in [0.29, 0.717) is 11.0 Å². The summed E-state index contributed by atoms with van der Waals surface area (Å²) in [5.41, 5.74) is 4.13. The molecule has 0 spiro atoms. The first-order valence-corrected chi connectivity index (χ1v) is 14.1. The van der Waals surface area contributed by atoms with Gasteiger partial charge >= 0.3 is 0 Å². The van der Waals surface area contributed by atoms with Gasteiger partial charge in [-0.3, -0.25) is 14.6 Å². The summed E-state index contributed by atoms with van der Waals surface area (Å²) < 4.78 is 13.2. The molecule has 4 nitrogen and oxygen atoms in total. The van der Waals surface area contributed by atoms with Crippen LogP contribution in [-0.4, -0.2) is 73.0 Å². The Balaban J connectivity index is 1.13. The van der Waals surface area contributed by atoms with Gasteiger partial charge in [-0.2, -0.15) is 0 Å². The first-order chi connectivity index (χ1) is 17.9. The zero-order valence-electron chi connectivity index (χ0n) is 22.5. The van der Waals surface area contributed by atoms with E-state index in [2.05, 4.69) is 60.1 Å². The van der Waals surface area contributed by atoms with E-state index in [1.165, 1.54) is 37.0 Å². The zero-order chi connectivity index (χ0) is 25.8. The van der Waals surface area contributed by atoms with Gasteiger partial charge < -0.3 is 4.90 Å². The summed E-state index contributed by atoms with van der Waals surface area (Å²) in [7, 11) is 0. The van der Waals surface area contributed by atoms with E-state index in [0.717, 1.165) is 70.6 Å². The summed E-state index contributed by atoms with van der Waals surface area (Å²) in [4.78, 5) is 19.9. The van der Waals surface area contributed by atoms with Crippen molar-refractivity contribution in [2.75, 3.05) is 52.4 Å². The predicted octanol–water partition coefficient (Wildman–Crippen LogP) is 5.51. The largest absolute Gasteiger partial charge is 0.336 e. The molecule has 4 aliphatic rings. The number of benzene rings is 2. The molecule has 2 unspecified atom stereocenters. The maximum absolute atomic E-state index is 13.2. The van der Waals surface area contributed by atoms with E-state index >= 15 is 0 Å². The van der Waals surface area contributed by atoms with Crippen LogP contribution in [0.4, 0.5) is 4.39 Å². The standard InChI is InChI=1S/C32H42FN3O/c1-32(2)28-13-10-27(30(32)23-28)24-35(16-6-9-25-7-4-3-5-8-25)18-17-34-19-21-36(22-20-34)31(37)26-11-14-29(33)15-12-26/h3-5,7-8,10-12,14-15,28,30H,6,9,13,16-24H2,1-2H3. The number of nitrogens with zero attached hydrogens (tertiary/aromatic N) is 3. The number of halogens is 1. The lowest BCUT2D eigenvalue weighted by molar-refractivity contribution is -0.0110. The molecule has 2 aromatic rings. The van der Waals surface area contributed by atoms with Gasteiger partial charge in [0.15, 0.2) is 0 Å². The average Bonchev–Trinajstić information content (AvgIpc) is 2.92. The molecular weight excluding hydrogens is 461 g/mol. The number of carbonyl (C=O) groups is 1. The molecule has 2 bridgehead atoms. The van der Waals surface area contributed by atoms with Crippen molar-refractivity contribution in [3.05, 3.63) is 83.2 Å². The number of piperazine rings is 1. The Morgan fingerprint density at radius 1 is 1.00 bits per heavy atom. The van der Waals surface area contributed by atoms with Gasteiger partial charge in [-0.1, -0.05) is 55.8 Å². The van der Waals surface area contributed by atoms with Crippen LogP contribution < -0.4 is 0 Å². The molecule has 1 aliphatic heterocycles. The van der Waals surface area contributed by atoms with Gasteiger partial charge in [0.2, 0.25) is 0 Å². The minimum absolute atomic E-state index is 0.00726. The van der Waals surface area contributed by atoms with Crippen molar-refractivity contribution in [2.45, 2.75) is 39.5 Å². The minimum atomic E-state index is -0.306. The van der Waals surface area contributed by atoms with Gasteiger partial charge in [-0.05, 0) is 79.3 Å². The molecule has 2 fully saturated rings. The number of amides is 1. The summed E-state index contributed by atoms with van der Waals surface area (Å²) >= 11 is 0. The number of hydrogen-bond acceptors (Lipinski definition) is 3. The van der Waals surface area contributed by atoms with Crippen molar-refractivity contribution in [1.82, 2.24) is 14.7 Å². The zero-order valence-corrected chi connectivity index (χ0v) is 22.5. The molecule has 2 atom stereocenters. The van der Waals surface area contributed by atoms with Gasteiger partial charge in [0, 0.05) is 51.4 Å². The van der Waals surface area contributed by atoms with Crippen molar-refractivity contribution in [2.24, 2.45) is 17.3 Å². The third kappa shape index (κ3) is 6.15. The molecule has 198 valence electrons. The highest BCUT2D eigenvalue weighted by Crippen LogP contribution is 2.59. The SMILES string of the molecule is CC1(C)C2CC=C(CN(CCCc3ccccc3)CCN3CCN(C(=O)c4ccc(F)cc4)CC3)C1C2. The van der Waals surface area contributed by atoms with Crippen molar-refractivity contribution in [3.63, 3.8) is 0 Å². The average molecular weight is 504 g/mol. The Bertz CT molecular complexity index is 1070. The summed E-state index contributed by atoms with van der Waals surface area (Å²) in [5.74, 6) is 1.33. The normalized spacial score (nSPS) is 23.0. The molecule has 0 radical (unpaired) electrons. The lowest BCUT2D eigenvalue weighted by Crippen LogP contribution is -2.51. The molecule has 37 heavy (non-hydrogen) atoms. The second-order valence-electron chi connectivity index (χ2n) is 11.8. The topological polar surface area (TPSA) is 26.8 Å². The Hall–Kier alpha value is -2.50. The van der Waals surface area contributed by atoms with Crippen molar-refractivity contribution >= 4 is 5.91 Å². The van der Waals surface area contributed by atoms with E-state index in [4.69, 9.17) is 0 Å². The molecule has 1 saturated carbocycles. The van der Waals surface area contributed by atoms with Gasteiger partial charge in [0.25, 0.3) is 5.91 Å². The first-order valence-electron chi connectivity index (χ1n) is 14.1. The highest BCUT2D eigenvalue weighted by molar-refractivity contribution is 5.94. The van der Waals surface area contributed by atoms with Crippen molar-refractivity contribution in [3.8, 4) is 0 Å². The van der Waals surface area contributed by atoms with Crippen LogP contribution in [0.3, 0.4) is 0 Å². The second kappa shape index (κ2) is 11.5. The fourth-order valence-electron chi connectivity index (χ4n) is 6.57. The van der Waals surface area contributed by atoms with Gasteiger partial charge in [-0.25, -0.2) is 4.39 Å². The smallest absolute Gasteiger partial charge is 0.253 e. The molecule has 0 N–H and O–H groups in total. The van der Waals surface area contributed by atoms with Crippen LogP contribution in [0.25, 0.3) is 0 Å². The first kappa shape index (κ1) is 26.1. The maximum atomic E-state index is 13.2. The van der Waals surface area contributed by atoms with Gasteiger partial charge in [0.1, 0.15) is 5.82 Å². The van der Waals surface area contributed by atoms with Crippen LogP contribution in [-0.2, 0) is 6.42 Å². The summed E-state index contributed by atoms with van der Waals surface area (Å²) in [6.07, 6.45) is 7.47. The Labute approximate surface area is 222 Å². The number of aryl methyl sites for hydroxylation is 1. The van der Waals surface area contributed by atoms with Gasteiger partial charge in [-0.15, -0.1) is 0 Å². The van der Waals surface area contributed by atoms with Crippen molar-refractivity contribution in [1.29, 1.82) is 0 Å². The quantitative estimate of drug-likeness (QED) is 0.400. The van der Waals surface area contributed by atoms with E-state index in [-0.39, 0.29) is 11.7 Å². The minimum Gasteiger partial charge on any atom is -0.336 e. The fourth-order valence-corrected chi connectivity index (χ4v) is 6.57. The van der Waals surface area contributed by atoms with Crippen molar-refractivity contribution < 1.29 is 9.18 Å². The summed E-state index contributed by atoms with van der Waals surface area (Å²) in [6, 6.07) is 16.7. The van der Waals surface area contributed by atoms with Crippen LogP contribution in [0.1, 0.15) is 49.0 Å². The van der Waals surface area contributed by atoms with E-state index in [1.54, 1.807) is 17.7 Å². The summed E-state index contributed by atoms with van der Waals surface area (Å²) in [5, 5.41) is 0. The molecule has 3 aliphatic carbocycles. The third-order valence-corrected chi connectivity index (χ3v) is 9.25. The summed E-state index contributed by atoms with van der Waals surface area (Å²) in [6.45, 7) is 12.5. The number of rotatable bonds is 10. The predicted molar refractivity (Wildman–Crippen MR) is 148 cm³/mol. The van der Waals surface area contributed by atoms with Crippen LogP contribution in [0, 0.1) is 23.1 Å². The molecule has 1 amide bonds. The van der Waals surface area contributed by atoms with E-state index < -0.39 is 0 Å². The molecule has 1 saturated heterocycles. The lowest BCUT2D eigenvalue weighted by Gasteiger charge is -2.57. The molecule has 6 rings (SSSR count). The van der Waals surface area contributed by atoms with Gasteiger partial charge in [0.05, 0.1) is 0 Å². The number of carbonyl (C=O) groups excluding carboxylic acids is 1.